The van der Waals surface area contributed by atoms with Gasteiger partial charge in [0.15, 0.2) is 5.65 Å². The van der Waals surface area contributed by atoms with E-state index in [-0.39, 0.29) is 0 Å². The lowest BCUT2D eigenvalue weighted by molar-refractivity contribution is 0.658. The maximum absolute atomic E-state index is 4.27. The quantitative estimate of drug-likeness (QED) is 0.742. The molecule has 2 N–H and O–H groups in total. The maximum atomic E-state index is 4.27. The average molecular weight is 246 g/mol. The van der Waals surface area contributed by atoms with Crippen LogP contribution in [0.3, 0.4) is 0 Å². The third kappa shape index (κ3) is 2.43. The molecule has 2 heterocycles. The Morgan fingerprint density at radius 2 is 2.22 bits per heavy atom. The molecular formula is C12H18N6. The first-order valence-electron chi connectivity index (χ1n) is 6.44. The molecule has 96 valence electrons. The number of rotatable bonds is 6. The Hall–Kier alpha value is -1.69. The van der Waals surface area contributed by atoms with Crippen LogP contribution in [0.4, 0.5) is 5.82 Å². The predicted molar refractivity (Wildman–Crippen MR) is 70.4 cm³/mol. The van der Waals surface area contributed by atoms with E-state index >= 15 is 0 Å². The number of anilines is 1. The molecule has 2 aromatic rings. The number of nitrogens with zero attached hydrogens (tertiary/aromatic N) is 4. The molecule has 1 saturated carbocycles. The van der Waals surface area contributed by atoms with Gasteiger partial charge in [-0.1, -0.05) is 0 Å². The van der Waals surface area contributed by atoms with Gasteiger partial charge < -0.3 is 10.6 Å². The van der Waals surface area contributed by atoms with Crippen LogP contribution in [0.2, 0.25) is 0 Å². The Morgan fingerprint density at radius 1 is 1.33 bits per heavy atom. The number of nitrogens with one attached hydrogen (secondary N) is 2. The van der Waals surface area contributed by atoms with Crippen molar-refractivity contribution in [1.29, 1.82) is 0 Å². The molecule has 0 amide bonds. The van der Waals surface area contributed by atoms with E-state index in [2.05, 4.69) is 25.7 Å². The smallest absolute Gasteiger partial charge is 0.163 e. The fourth-order valence-corrected chi connectivity index (χ4v) is 1.99. The first-order chi connectivity index (χ1) is 8.84. The van der Waals surface area contributed by atoms with Crippen molar-refractivity contribution in [3.8, 4) is 0 Å². The third-order valence-corrected chi connectivity index (χ3v) is 3.19. The summed E-state index contributed by atoms with van der Waals surface area (Å²) >= 11 is 0. The Morgan fingerprint density at radius 3 is 3.06 bits per heavy atom. The molecule has 1 fully saturated rings. The van der Waals surface area contributed by atoms with Gasteiger partial charge in [0, 0.05) is 19.6 Å². The average Bonchev–Trinajstić information content (AvgIpc) is 3.13. The molecule has 0 atom stereocenters. The molecule has 0 spiro atoms. The Balaban J connectivity index is 1.56. The van der Waals surface area contributed by atoms with Crippen LogP contribution in [0.1, 0.15) is 19.3 Å². The minimum absolute atomic E-state index is 0.786. The van der Waals surface area contributed by atoms with Gasteiger partial charge in [-0.3, -0.25) is 4.68 Å². The van der Waals surface area contributed by atoms with Crippen molar-refractivity contribution in [2.24, 2.45) is 7.05 Å². The highest BCUT2D eigenvalue weighted by molar-refractivity contribution is 5.85. The van der Waals surface area contributed by atoms with Crippen molar-refractivity contribution >= 4 is 16.9 Å². The summed E-state index contributed by atoms with van der Waals surface area (Å²) in [6.45, 7) is 1.99. The van der Waals surface area contributed by atoms with Crippen LogP contribution in [0.25, 0.3) is 11.0 Å². The van der Waals surface area contributed by atoms with Crippen molar-refractivity contribution < 1.29 is 0 Å². The summed E-state index contributed by atoms with van der Waals surface area (Å²) in [6, 6.07) is 0.786. The zero-order valence-corrected chi connectivity index (χ0v) is 10.6. The SMILES string of the molecule is Cn1ncc2c(NCCCNC3CC3)ncnc21. The molecule has 0 unspecified atom stereocenters. The second kappa shape index (κ2) is 4.89. The van der Waals surface area contributed by atoms with Gasteiger partial charge in [-0.05, 0) is 25.8 Å². The Bertz CT molecular complexity index is 530. The van der Waals surface area contributed by atoms with E-state index in [0.29, 0.717) is 0 Å². The zero-order chi connectivity index (χ0) is 12.4. The van der Waals surface area contributed by atoms with E-state index < -0.39 is 0 Å². The lowest BCUT2D eigenvalue weighted by Crippen LogP contribution is -2.20. The predicted octanol–water partition coefficient (Wildman–Crippen LogP) is 0.917. The second-order valence-corrected chi connectivity index (χ2v) is 4.74. The van der Waals surface area contributed by atoms with E-state index in [1.165, 1.54) is 12.8 Å². The summed E-state index contributed by atoms with van der Waals surface area (Å²) in [6.07, 6.45) is 7.17. The summed E-state index contributed by atoms with van der Waals surface area (Å²) < 4.78 is 1.76. The summed E-state index contributed by atoms with van der Waals surface area (Å²) in [5.41, 5.74) is 0.864. The van der Waals surface area contributed by atoms with Gasteiger partial charge in [0.25, 0.3) is 0 Å². The number of aromatic nitrogens is 4. The lowest BCUT2D eigenvalue weighted by Gasteiger charge is -2.06. The van der Waals surface area contributed by atoms with Crippen molar-refractivity contribution in [2.75, 3.05) is 18.4 Å². The highest BCUT2D eigenvalue weighted by Gasteiger charge is 2.19. The molecule has 0 bridgehead atoms. The van der Waals surface area contributed by atoms with Crippen LogP contribution >= 0.6 is 0 Å². The molecule has 1 aliphatic carbocycles. The molecule has 1 aliphatic rings. The second-order valence-electron chi connectivity index (χ2n) is 4.74. The van der Waals surface area contributed by atoms with E-state index in [1.54, 1.807) is 17.2 Å². The molecule has 18 heavy (non-hydrogen) atoms. The molecule has 3 rings (SSSR count). The summed E-state index contributed by atoms with van der Waals surface area (Å²) in [7, 11) is 1.89. The lowest BCUT2D eigenvalue weighted by atomic mass is 10.3. The Kier molecular flexibility index (Phi) is 3.10. The number of aryl methyl sites for hydroxylation is 1. The van der Waals surface area contributed by atoms with Crippen LogP contribution < -0.4 is 10.6 Å². The van der Waals surface area contributed by atoms with Gasteiger partial charge >= 0.3 is 0 Å². The monoisotopic (exact) mass is 246 g/mol. The standard InChI is InChI=1S/C12H18N6/c1-18-12-10(7-17-18)11(15-8-16-12)14-6-2-5-13-9-3-4-9/h7-9,13H,2-6H2,1H3,(H,14,15,16). The summed E-state index contributed by atoms with van der Waals surface area (Å²) in [5.74, 6) is 0.875. The van der Waals surface area contributed by atoms with Gasteiger partial charge in [0.05, 0.1) is 11.6 Å². The highest BCUT2D eigenvalue weighted by atomic mass is 15.3. The molecule has 2 aromatic heterocycles. The van der Waals surface area contributed by atoms with Crippen LogP contribution in [0, 0.1) is 0 Å². The molecule has 0 radical (unpaired) electrons. The normalized spacial score (nSPS) is 15.2. The van der Waals surface area contributed by atoms with E-state index in [4.69, 9.17) is 0 Å². The first-order valence-corrected chi connectivity index (χ1v) is 6.44. The Labute approximate surface area is 106 Å². The van der Waals surface area contributed by atoms with Crippen molar-refractivity contribution in [2.45, 2.75) is 25.3 Å². The number of hydrogen-bond acceptors (Lipinski definition) is 5. The van der Waals surface area contributed by atoms with Crippen LogP contribution in [0.5, 0.6) is 0 Å². The van der Waals surface area contributed by atoms with Gasteiger partial charge in [0.2, 0.25) is 0 Å². The zero-order valence-electron chi connectivity index (χ0n) is 10.6. The molecule has 0 saturated heterocycles. The minimum Gasteiger partial charge on any atom is -0.369 e. The minimum atomic E-state index is 0.786. The largest absolute Gasteiger partial charge is 0.369 e. The molecule has 6 nitrogen and oxygen atoms in total. The number of hydrogen-bond donors (Lipinski definition) is 2. The fraction of sp³-hybridized carbons (Fsp3) is 0.583. The molecule has 0 aliphatic heterocycles. The highest BCUT2D eigenvalue weighted by Crippen LogP contribution is 2.19. The maximum Gasteiger partial charge on any atom is 0.163 e. The topological polar surface area (TPSA) is 67.7 Å². The summed E-state index contributed by atoms with van der Waals surface area (Å²) in [4.78, 5) is 8.48. The third-order valence-electron chi connectivity index (χ3n) is 3.19. The molecule has 6 heteroatoms. The van der Waals surface area contributed by atoms with Crippen LogP contribution in [-0.2, 0) is 7.05 Å². The van der Waals surface area contributed by atoms with Crippen molar-refractivity contribution in [3.05, 3.63) is 12.5 Å². The van der Waals surface area contributed by atoms with Crippen LogP contribution in [0.15, 0.2) is 12.5 Å². The first kappa shape index (κ1) is 11.4. The number of fused-ring (bicyclic) bond motifs is 1. The molecule has 0 aromatic carbocycles. The van der Waals surface area contributed by atoms with E-state index in [9.17, 15) is 0 Å². The van der Waals surface area contributed by atoms with Gasteiger partial charge in [-0.2, -0.15) is 5.10 Å². The van der Waals surface area contributed by atoms with Crippen molar-refractivity contribution in [1.82, 2.24) is 25.1 Å². The van der Waals surface area contributed by atoms with E-state index in [0.717, 1.165) is 42.4 Å². The van der Waals surface area contributed by atoms with Gasteiger partial charge in [0.1, 0.15) is 12.1 Å². The van der Waals surface area contributed by atoms with Crippen molar-refractivity contribution in [3.63, 3.8) is 0 Å². The van der Waals surface area contributed by atoms with E-state index in [1.807, 2.05) is 7.05 Å². The van der Waals surface area contributed by atoms with Gasteiger partial charge in [-0.25, -0.2) is 9.97 Å². The van der Waals surface area contributed by atoms with Crippen LogP contribution in [-0.4, -0.2) is 38.9 Å². The summed E-state index contributed by atoms with van der Waals surface area (Å²) in [5, 5.41) is 12.0. The van der Waals surface area contributed by atoms with Gasteiger partial charge in [-0.15, -0.1) is 0 Å². The fourth-order valence-electron chi connectivity index (χ4n) is 1.99. The molecular weight excluding hydrogens is 228 g/mol.